The van der Waals surface area contributed by atoms with Crippen LogP contribution in [0.5, 0.6) is 11.5 Å². The minimum absolute atomic E-state index is 0.311. The second-order valence-corrected chi connectivity index (χ2v) is 6.37. The number of hydrogen-bond acceptors (Lipinski definition) is 2. The molecule has 0 unspecified atom stereocenters. The zero-order chi connectivity index (χ0) is 17.0. The summed E-state index contributed by atoms with van der Waals surface area (Å²) in [4.78, 5) is 0. The van der Waals surface area contributed by atoms with Crippen molar-refractivity contribution in [3.63, 3.8) is 0 Å². The maximum absolute atomic E-state index is 9.95. The molecule has 0 spiro atoms. The monoisotopic (exact) mass is 308 g/mol. The summed E-state index contributed by atoms with van der Waals surface area (Å²) in [5.74, 6) is 0.621. The van der Waals surface area contributed by atoms with Gasteiger partial charge in [0.2, 0.25) is 0 Å². The van der Waals surface area contributed by atoms with Gasteiger partial charge in [0.25, 0.3) is 0 Å². The lowest BCUT2D eigenvalue weighted by Crippen LogP contribution is -1.95. The van der Waals surface area contributed by atoms with Crippen molar-refractivity contribution in [1.29, 1.82) is 0 Å². The highest BCUT2D eigenvalue weighted by Crippen LogP contribution is 2.25. The van der Waals surface area contributed by atoms with Crippen molar-refractivity contribution in [3.05, 3.63) is 83.0 Å². The summed E-state index contributed by atoms with van der Waals surface area (Å²) in [5.41, 5.74) is 6.10. The molecule has 2 aromatic carbocycles. The molecule has 0 aromatic heterocycles. The summed E-state index contributed by atoms with van der Waals surface area (Å²) in [7, 11) is 0. The van der Waals surface area contributed by atoms with E-state index in [0.717, 1.165) is 39.8 Å². The summed E-state index contributed by atoms with van der Waals surface area (Å²) in [6, 6.07) is 11.4. The third kappa shape index (κ3) is 4.75. The zero-order valence-electron chi connectivity index (χ0n) is 13.9. The summed E-state index contributed by atoms with van der Waals surface area (Å²) >= 11 is 0. The van der Waals surface area contributed by atoms with E-state index < -0.39 is 0 Å². The maximum Gasteiger partial charge on any atom is 0.119 e. The Hall–Kier alpha value is -2.48. The highest BCUT2D eigenvalue weighted by Gasteiger charge is 2.07. The average molecular weight is 308 g/mol. The summed E-state index contributed by atoms with van der Waals surface area (Å²) in [6.45, 7) is 11.7. The van der Waals surface area contributed by atoms with Crippen LogP contribution in [0.25, 0.3) is 0 Å². The third-order valence-corrected chi connectivity index (χ3v) is 3.68. The molecule has 0 fully saturated rings. The van der Waals surface area contributed by atoms with E-state index in [-0.39, 0.29) is 0 Å². The van der Waals surface area contributed by atoms with Gasteiger partial charge in [0.05, 0.1) is 0 Å². The summed E-state index contributed by atoms with van der Waals surface area (Å²) in [6.07, 6.45) is 2.11. The van der Waals surface area contributed by atoms with E-state index >= 15 is 0 Å². The van der Waals surface area contributed by atoms with E-state index in [4.69, 9.17) is 0 Å². The lowest BCUT2D eigenvalue weighted by atomic mass is 9.97. The molecular formula is C21H24O2. The van der Waals surface area contributed by atoms with E-state index in [1.165, 1.54) is 0 Å². The number of phenols is 2. The molecule has 0 aliphatic heterocycles. The Morgan fingerprint density at radius 1 is 0.783 bits per heavy atom. The zero-order valence-corrected chi connectivity index (χ0v) is 13.9. The molecule has 0 saturated heterocycles. The Kier molecular flexibility index (Phi) is 5.28. The minimum atomic E-state index is 0.311. The maximum atomic E-state index is 9.95. The molecule has 23 heavy (non-hydrogen) atoms. The first-order chi connectivity index (χ1) is 10.8. The number of aromatic hydroxyl groups is 2. The normalized spacial score (nSPS) is 10.5. The number of allylic oxidation sites excluding steroid dienone is 2. The van der Waals surface area contributed by atoms with Crippen LogP contribution in [0.4, 0.5) is 0 Å². The summed E-state index contributed by atoms with van der Waals surface area (Å²) in [5, 5.41) is 19.9. The van der Waals surface area contributed by atoms with Crippen LogP contribution in [0.15, 0.2) is 60.7 Å². The first-order valence-corrected chi connectivity index (χ1v) is 7.75. The van der Waals surface area contributed by atoms with Crippen molar-refractivity contribution in [3.8, 4) is 11.5 Å². The molecule has 0 radical (unpaired) electrons. The smallest absolute Gasteiger partial charge is 0.119 e. The standard InChI is InChI=1S/C21H24O2/c1-14(2)9-18-12-16(5-7-20(18)22)11-17-6-8-21(23)19(13-17)10-15(3)4/h5-8,12-13,22-23H,1,3,9-11H2,2,4H3. The molecule has 2 rings (SSSR count). The average Bonchev–Trinajstić information content (AvgIpc) is 2.45. The van der Waals surface area contributed by atoms with Crippen LogP contribution in [0.3, 0.4) is 0 Å². The van der Waals surface area contributed by atoms with Gasteiger partial charge in [0, 0.05) is 0 Å². The topological polar surface area (TPSA) is 40.5 Å². The highest BCUT2D eigenvalue weighted by molar-refractivity contribution is 5.43. The van der Waals surface area contributed by atoms with E-state index in [1.807, 2.05) is 38.1 Å². The predicted molar refractivity (Wildman–Crippen MR) is 96.1 cm³/mol. The molecule has 0 amide bonds. The van der Waals surface area contributed by atoms with Gasteiger partial charge >= 0.3 is 0 Å². The van der Waals surface area contributed by atoms with Gasteiger partial charge in [-0.3, -0.25) is 0 Å². The van der Waals surface area contributed by atoms with Crippen molar-refractivity contribution >= 4 is 0 Å². The van der Waals surface area contributed by atoms with E-state index in [0.29, 0.717) is 24.3 Å². The van der Waals surface area contributed by atoms with Gasteiger partial charge in [-0.1, -0.05) is 48.6 Å². The number of phenolic OH excluding ortho intramolecular Hbond substituents is 2. The molecule has 2 N–H and O–H groups in total. The van der Waals surface area contributed by atoms with Gasteiger partial charge in [-0.15, -0.1) is 0 Å². The fraction of sp³-hybridized carbons (Fsp3) is 0.238. The molecule has 2 aromatic rings. The lowest BCUT2D eigenvalue weighted by molar-refractivity contribution is 0.469. The molecule has 0 aliphatic rings. The molecule has 0 heterocycles. The van der Waals surface area contributed by atoms with Gasteiger partial charge in [-0.05, 0) is 67.5 Å². The van der Waals surface area contributed by atoms with Crippen molar-refractivity contribution in [2.75, 3.05) is 0 Å². The van der Waals surface area contributed by atoms with Gasteiger partial charge < -0.3 is 10.2 Å². The number of benzene rings is 2. The summed E-state index contributed by atoms with van der Waals surface area (Å²) < 4.78 is 0. The quantitative estimate of drug-likeness (QED) is 0.743. The number of rotatable bonds is 6. The Morgan fingerprint density at radius 3 is 1.52 bits per heavy atom. The molecule has 0 aliphatic carbocycles. The van der Waals surface area contributed by atoms with E-state index in [2.05, 4.69) is 13.2 Å². The highest BCUT2D eigenvalue weighted by atomic mass is 16.3. The molecule has 0 atom stereocenters. The van der Waals surface area contributed by atoms with Gasteiger partial charge in [-0.2, -0.15) is 0 Å². The molecule has 2 nitrogen and oxygen atoms in total. The fourth-order valence-corrected chi connectivity index (χ4v) is 2.67. The Balaban J connectivity index is 2.25. The lowest BCUT2D eigenvalue weighted by Gasteiger charge is -2.10. The number of hydrogen-bond donors (Lipinski definition) is 2. The van der Waals surface area contributed by atoms with Gasteiger partial charge in [0.1, 0.15) is 11.5 Å². The fourth-order valence-electron chi connectivity index (χ4n) is 2.67. The molecule has 0 bridgehead atoms. The van der Waals surface area contributed by atoms with Crippen LogP contribution in [0.2, 0.25) is 0 Å². The first-order valence-electron chi connectivity index (χ1n) is 7.75. The van der Waals surface area contributed by atoms with Crippen molar-refractivity contribution in [1.82, 2.24) is 0 Å². The van der Waals surface area contributed by atoms with E-state index in [1.54, 1.807) is 12.1 Å². The molecular weight excluding hydrogens is 284 g/mol. The predicted octanol–water partition coefficient (Wildman–Crippen LogP) is 4.93. The molecule has 120 valence electrons. The third-order valence-electron chi connectivity index (χ3n) is 3.68. The Morgan fingerprint density at radius 2 is 1.17 bits per heavy atom. The van der Waals surface area contributed by atoms with Crippen molar-refractivity contribution in [2.45, 2.75) is 33.1 Å². The Bertz CT molecular complexity index is 678. The molecule has 0 saturated carbocycles. The van der Waals surface area contributed by atoms with Crippen molar-refractivity contribution < 1.29 is 10.2 Å². The van der Waals surface area contributed by atoms with Crippen LogP contribution in [0.1, 0.15) is 36.1 Å². The van der Waals surface area contributed by atoms with Crippen LogP contribution in [-0.2, 0) is 19.3 Å². The van der Waals surface area contributed by atoms with Gasteiger partial charge in [0.15, 0.2) is 0 Å². The Labute approximate surface area is 138 Å². The SMILES string of the molecule is C=C(C)Cc1cc(Cc2ccc(O)c(CC(=C)C)c2)ccc1O. The van der Waals surface area contributed by atoms with Crippen molar-refractivity contribution in [2.24, 2.45) is 0 Å². The minimum Gasteiger partial charge on any atom is -0.508 e. The van der Waals surface area contributed by atoms with Crippen LogP contribution in [0, 0.1) is 0 Å². The van der Waals surface area contributed by atoms with E-state index in [9.17, 15) is 10.2 Å². The van der Waals surface area contributed by atoms with Crippen LogP contribution in [-0.4, -0.2) is 10.2 Å². The second-order valence-electron chi connectivity index (χ2n) is 6.37. The second kappa shape index (κ2) is 7.19. The van der Waals surface area contributed by atoms with Crippen LogP contribution < -0.4 is 0 Å². The largest absolute Gasteiger partial charge is 0.508 e. The first kappa shape index (κ1) is 16.9. The molecule has 2 heteroatoms. The van der Waals surface area contributed by atoms with Crippen LogP contribution >= 0.6 is 0 Å². The van der Waals surface area contributed by atoms with Gasteiger partial charge in [-0.25, -0.2) is 0 Å².